The maximum atomic E-state index is 13.6. The van der Waals surface area contributed by atoms with Gasteiger partial charge in [-0.2, -0.15) is 23.7 Å². The SMILES string of the molecule is C[C@](N)(CCNS(=O)(=O)c1ccc(C#N)cc1C(F)(F)F)COc1ccc(C#N)c(F)c1. The highest BCUT2D eigenvalue weighted by Crippen LogP contribution is 2.34. The Balaban J connectivity index is 2.05. The predicted molar refractivity (Wildman–Crippen MR) is 105 cm³/mol. The number of alkyl halides is 3. The molecule has 1 atom stereocenters. The van der Waals surface area contributed by atoms with Crippen LogP contribution in [0.15, 0.2) is 41.3 Å². The van der Waals surface area contributed by atoms with E-state index in [0.29, 0.717) is 12.1 Å². The van der Waals surface area contributed by atoms with Crippen molar-refractivity contribution in [2.45, 2.75) is 30.0 Å². The van der Waals surface area contributed by atoms with Crippen molar-refractivity contribution < 1.29 is 30.7 Å². The number of hydrogen-bond donors (Lipinski definition) is 2. The Bertz CT molecular complexity index is 1180. The number of nitrogens with zero attached hydrogens (tertiary/aromatic N) is 2. The van der Waals surface area contributed by atoms with Gasteiger partial charge in [0.05, 0.1) is 27.7 Å². The van der Waals surface area contributed by atoms with Crippen LogP contribution in [-0.4, -0.2) is 27.1 Å². The van der Waals surface area contributed by atoms with Gasteiger partial charge >= 0.3 is 6.18 Å². The third-order valence-electron chi connectivity index (χ3n) is 4.32. The minimum atomic E-state index is -4.98. The summed E-state index contributed by atoms with van der Waals surface area (Å²) in [5.41, 5.74) is 2.97. The van der Waals surface area contributed by atoms with Gasteiger partial charge in [0.1, 0.15) is 24.2 Å². The first-order chi connectivity index (χ1) is 14.8. The number of nitriles is 2. The summed E-state index contributed by atoms with van der Waals surface area (Å²) in [6, 6.07) is 8.94. The van der Waals surface area contributed by atoms with Gasteiger partial charge in [-0.1, -0.05) is 0 Å². The fraction of sp³-hybridized carbons (Fsp3) is 0.300. The van der Waals surface area contributed by atoms with Crippen molar-refractivity contribution in [3.63, 3.8) is 0 Å². The first-order valence-electron chi connectivity index (χ1n) is 9.01. The van der Waals surface area contributed by atoms with Gasteiger partial charge in [-0.25, -0.2) is 17.5 Å². The highest BCUT2D eigenvalue weighted by atomic mass is 32.2. The number of rotatable bonds is 8. The molecule has 2 rings (SSSR count). The van der Waals surface area contributed by atoms with Gasteiger partial charge in [0.15, 0.2) is 0 Å². The fourth-order valence-corrected chi connectivity index (χ4v) is 3.84. The van der Waals surface area contributed by atoms with Gasteiger partial charge in [0.2, 0.25) is 10.0 Å². The lowest BCUT2D eigenvalue weighted by Crippen LogP contribution is -2.45. The van der Waals surface area contributed by atoms with Crippen LogP contribution in [0.3, 0.4) is 0 Å². The summed E-state index contributed by atoms with van der Waals surface area (Å²) in [6.07, 6.45) is -5.01. The summed E-state index contributed by atoms with van der Waals surface area (Å²) in [5.74, 6) is -0.675. The Morgan fingerprint density at radius 1 is 1.12 bits per heavy atom. The summed E-state index contributed by atoms with van der Waals surface area (Å²) >= 11 is 0. The topological polar surface area (TPSA) is 129 Å². The molecule has 3 N–H and O–H groups in total. The highest BCUT2D eigenvalue weighted by molar-refractivity contribution is 7.89. The molecule has 0 radical (unpaired) electrons. The minimum Gasteiger partial charge on any atom is -0.492 e. The van der Waals surface area contributed by atoms with Crippen LogP contribution in [0.1, 0.15) is 30.0 Å². The first-order valence-corrected chi connectivity index (χ1v) is 10.5. The molecule has 0 heterocycles. The second-order valence-corrected chi connectivity index (χ2v) is 8.90. The van der Waals surface area contributed by atoms with Crippen LogP contribution in [-0.2, 0) is 16.2 Å². The number of benzene rings is 2. The van der Waals surface area contributed by atoms with E-state index in [1.165, 1.54) is 25.1 Å². The molecule has 0 aliphatic carbocycles. The van der Waals surface area contributed by atoms with E-state index >= 15 is 0 Å². The van der Waals surface area contributed by atoms with Crippen molar-refractivity contribution in [2.75, 3.05) is 13.2 Å². The molecule has 170 valence electrons. The molecule has 12 heteroatoms. The molecule has 0 aliphatic heterocycles. The predicted octanol–water partition coefficient (Wildman–Crippen LogP) is 3.05. The van der Waals surface area contributed by atoms with Crippen LogP contribution in [0.4, 0.5) is 17.6 Å². The Kier molecular flexibility index (Phi) is 7.46. The van der Waals surface area contributed by atoms with E-state index in [0.717, 1.165) is 12.1 Å². The van der Waals surface area contributed by atoms with E-state index in [-0.39, 0.29) is 36.4 Å². The molecule has 2 aromatic carbocycles. The lowest BCUT2D eigenvalue weighted by Gasteiger charge is -2.25. The number of ether oxygens (including phenoxy) is 1. The van der Waals surface area contributed by atoms with Crippen molar-refractivity contribution in [3.8, 4) is 17.9 Å². The van der Waals surface area contributed by atoms with Gasteiger partial charge in [-0.15, -0.1) is 0 Å². The minimum absolute atomic E-state index is 0.0252. The van der Waals surface area contributed by atoms with E-state index in [1.807, 2.05) is 0 Å². The Labute approximate surface area is 182 Å². The standard InChI is InChI=1S/C20H18F4N4O3S/c1-19(27,12-31-15-4-3-14(11-26)17(21)9-15)6-7-28-32(29,30)18-5-2-13(10-25)8-16(18)20(22,23)24/h2-5,8-9,28H,6-7,12,27H2,1H3/t19-/m0/s1. The zero-order valence-corrected chi connectivity index (χ0v) is 17.5. The molecule has 0 amide bonds. The molecule has 2 aromatic rings. The third kappa shape index (κ3) is 6.40. The average molecular weight is 470 g/mol. The van der Waals surface area contributed by atoms with E-state index < -0.39 is 38.0 Å². The molecule has 7 nitrogen and oxygen atoms in total. The second-order valence-electron chi connectivity index (χ2n) is 7.16. The molecule has 0 bridgehead atoms. The zero-order valence-electron chi connectivity index (χ0n) is 16.7. The summed E-state index contributed by atoms with van der Waals surface area (Å²) in [6.45, 7) is 1.05. The van der Waals surface area contributed by atoms with Crippen LogP contribution in [0.5, 0.6) is 5.75 Å². The van der Waals surface area contributed by atoms with E-state index in [2.05, 4.69) is 4.72 Å². The number of sulfonamides is 1. The lowest BCUT2D eigenvalue weighted by atomic mass is 10.0. The summed E-state index contributed by atoms with van der Waals surface area (Å²) in [5, 5.41) is 17.5. The van der Waals surface area contributed by atoms with Crippen molar-refractivity contribution in [1.82, 2.24) is 4.72 Å². The molecular weight excluding hydrogens is 452 g/mol. The maximum absolute atomic E-state index is 13.6. The van der Waals surface area contributed by atoms with E-state index in [1.54, 1.807) is 6.07 Å². The molecule has 0 saturated heterocycles. The molecular formula is C20H18F4N4O3S. The quantitative estimate of drug-likeness (QED) is 0.571. The van der Waals surface area contributed by atoms with Crippen LogP contribution >= 0.6 is 0 Å². The molecule has 0 fully saturated rings. The smallest absolute Gasteiger partial charge is 0.417 e. The largest absolute Gasteiger partial charge is 0.492 e. The van der Waals surface area contributed by atoms with Gasteiger partial charge in [-0.3, -0.25) is 0 Å². The third-order valence-corrected chi connectivity index (χ3v) is 5.84. The molecule has 0 aromatic heterocycles. The van der Waals surface area contributed by atoms with Gasteiger partial charge in [0.25, 0.3) is 0 Å². The lowest BCUT2D eigenvalue weighted by molar-refractivity contribution is -0.139. The van der Waals surface area contributed by atoms with E-state index in [9.17, 15) is 26.0 Å². The van der Waals surface area contributed by atoms with Crippen molar-refractivity contribution in [1.29, 1.82) is 10.5 Å². The summed E-state index contributed by atoms with van der Waals surface area (Å²) in [4.78, 5) is -1.01. The van der Waals surface area contributed by atoms with Crippen LogP contribution in [0.2, 0.25) is 0 Å². The first kappa shape index (κ1) is 25.1. The molecule has 0 saturated carbocycles. The number of hydrogen-bond acceptors (Lipinski definition) is 6. The normalized spacial score (nSPS) is 13.6. The van der Waals surface area contributed by atoms with Crippen LogP contribution in [0, 0.1) is 28.5 Å². The molecule has 0 aliphatic rings. The number of nitrogens with one attached hydrogen (secondary N) is 1. The van der Waals surface area contributed by atoms with Gasteiger partial charge < -0.3 is 10.5 Å². The Morgan fingerprint density at radius 3 is 2.38 bits per heavy atom. The average Bonchev–Trinajstić information content (AvgIpc) is 2.71. The molecule has 32 heavy (non-hydrogen) atoms. The van der Waals surface area contributed by atoms with Crippen LogP contribution < -0.4 is 15.2 Å². The fourth-order valence-electron chi connectivity index (χ4n) is 2.60. The van der Waals surface area contributed by atoms with Crippen LogP contribution in [0.25, 0.3) is 0 Å². The van der Waals surface area contributed by atoms with E-state index in [4.69, 9.17) is 21.0 Å². The molecule has 0 unspecified atom stereocenters. The van der Waals surface area contributed by atoms with Crippen molar-refractivity contribution >= 4 is 10.0 Å². The van der Waals surface area contributed by atoms with Gasteiger partial charge in [0, 0.05) is 18.2 Å². The second kappa shape index (κ2) is 9.53. The summed E-state index contributed by atoms with van der Waals surface area (Å²) in [7, 11) is -4.56. The number of nitrogens with two attached hydrogens (primary N) is 1. The van der Waals surface area contributed by atoms with Crippen molar-refractivity contribution in [3.05, 3.63) is 58.9 Å². The Morgan fingerprint density at radius 2 is 1.81 bits per heavy atom. The molecule has 0 spiro atoms. The maximum Gasteiger partial charge on any atom is 0.417 e. The zero-order chi connectivity index (χ0) is 24.2. The van der Waals surface area contributed by atoms with Gasteiger partial charge in [-0.05, 0) is 43.7 Å². The van der Waals surface area contributed by atoms with Crippen molar-refractivity contribution in [2.24, 2.45) is 5.73 Å². The monoisotopic (exact) mass is 470 g/mol. The number of halogens is 4. The Hall–Kier alpha value is -3.19. The highest BCUT2D eigenvalue weighted by Gasteiger charge is 2.37. The summed E-state index contributed by atoms with van der Waals surface area (Å²) < 4.78 is 85.7.